The van der Waals surface area contributed by atoms with Crippen LogP contribution in [0.3, 0.4) is 0 Å². The lowest BCUT2D eigenvalue weighted by atomic mass is 10.1. The Bertz CT molecular complexity index is 848. The van der Waals surface area contributed by atoms with E-state index < -0.39 is 9.84 Å². The molecule has 1 fully saturated rings. The third-order valence-corrected chi connectivity index (χ3v) is 6.28. The van der Waals surface area contributed by atoms with Gasteiger partial charge in [-0.25, -0.2) is 8.42 Å². The standard InChI is InChI=1S/C18H22N2O3S/c1-20(17-8-9-24(22,23)13-17)12-18(21)19-11-14-6-7-15-4-2-3-5-16(15)10-14/h2-7,10,17H,8-9,11-13H2,1H3,(H,19,21)/t17-/m1/s1. The molecule has 1 heterocycles. The Morgan fingerprint density at radius 1 is 1.21 bits per heavy atom. The van der Waals surface area contributed by atoms with Gasteiger partial charge in [0.05, 0.1) is 18.1 Å². The first kappa shape index (κ1) is 16.9. The van der Waals surface area contributed by atoms with E-state index in [2.05, 4.69) is 23.5 Å². The number of hydrogen-bond acceptors (Lipinski definition) is 4. The van der Waals surface area contributed by atoms with E-state index in [1.807, 2.05) is 29.2 Å². The molecule has 1 N–H and O–H groups in total. The van der Waals surface area contributed by atoms with Gasteiger partial charge >= 0.3 is 0 Å². The first-order valence-electron chi connectivity index (χ1n) is 8.08. The molecule has 2 aromatic carbocycles. The van der Waals surface area contributed by atoms with Crippen LogP contribution in [0.2, 0.25) is 0 Å². The van der Waals surface area contributed by atoms with E-state index in [4.69, 9.17) is 0 Å². The summed E-state index contributed by atoms with van der Waals surface area (Å²) in [5, 5.41) is 5.23. The Morgan fingerprint density at radius 3 is 2.67 bits per heavy atom. The predicted octanol–water partition coefficient (Wildman–Crippen LogP) is 1.57. The van der Waals surface area contributed by atoms with E-state index in [0.717, 1.165) is 10.9 Å². The highest BCUT2D eigenvalue weighted by Gasteiger charge is 2.31. The number of sulfone groups is 1. The number of likely N-dealkylation sites (N-methyl/N-ethyl adjacent to an activating group) is 1. The maximum atomic E-state index is 12.1. The molecule has 5 nitrogen and oxygen atoms in total. The zero-order valence-electron chi connectivity index (χ0n) is 13.7. The van der Waals surface area contributed by atoms with Crippen LogP contribution in [0.4, 0.5) is 0 Å². The number of benzene rings is 2. The van der Waals surface area contributed by atoms with Crippen molar-refractivity contribution in [1.82, 2.24) is 10.2 Å². The Labute approximate surface area is 142 Å². The van der Waals surface area contributed by atoms with Crippen molar-refractivity contribution in [2.45, 2.75) is 19.0 Å². The lowest BCUT2D eigenvalue weighted by molar-refractivity contribution is -0.122. The van der Waals surface area contributed by atoms with Gasteiger partial charge in [0.1, 0.15) is 0 Å². The van der Waals surface area contributed by atoms with E-state index >= 15 is 0 Å². The van der Waals surface area contributed by atoms with Crippen LogP contribution in [0.25, 0.3) is 10.8 Å². The number of fused-ring (bicyclic) bond motifs is 1. The summed E-state index contributed by atoms with van der Waals surface area (Å²) in [5.74, 6) is 0.289. The molecule has 0 unspecified atom stereocenters. The van der Waals surface area contributed by atoms with Crippen molar-refractivity contribution in [2.24, 2.45) is 0 Å². The molecule has 0 bridgehead atoms. The number of carbonyl (C=O) groups is 1. The van der Waals surface area contributed by atoms with Gasteiger partial charge in [0.25, 0.3) is 0 Å². The van der Waals surface area contributed by atoms with Gasteiger partial charge in [0.15, 0.2) is 9.84 Å². The maximum absolute atomic E-state index is 12.1. The van der Waals surface area contributed by atoms with Gasteiger partial charge in [-0.3, -0.25) is 9.69 Å². The normalized spacial score (nSPS) is 19.7. The summed E-state index contributed by atoms with van der Waals surface area (Å²) in [7, 11) is -1.12. The van der Waals surface area contributed by atoms with Crippen LogP contribution in [0, 0.1) is 0 Å². The van der Waals surface area contributed by atoms with Crippen LogP contribution < -0.4 is 5.32 Å². The fraction of sp³-hybridized carbons (Fsp3) is 0.389. The fourth-order valence-corrected chi connectivity index (χ4v) is 4.89. The van der Waals surface area contributed by atoms with Gasteiger partial charge in [-0.1, -0.05) is 36.4 Å². The molecule has 2 aromatic rings. The second-order valence-corrected chi connectivity index (χ2v) is 8.66. The number of nitrogens with one attached hydrogen (secondary N) is 1. The molecule has 0 spiro atoms. The molecule has 6 heteroatoms. The van der Waals surface area contributed by atoms with Crippen molar-refractivity contribution in [2.75, 3.05) is 25.1 Å². The maximum Gasteiger partial charge on any atom is 0.234 e. The average Bonchev–Trinajstić information content (AvgIpc) is 2.93. The van der Waals surface area contributed by atoms with E-state index in [0.29, 0.717) is 13.0 Å². The molecule has 1 amide bonds. The lowest BCUT2D eigenvalue weighted by Crippen LogP contribution is -2.41. The highest BCUT2D eigenvalue weighted by atomic mass is 32.2. The van der Waals surface area contributed by atoms with Gasteiger partial charge in [0, 0.05) is 12.6 Å². The fourth-order valence-electron chi connectivity index (χ4n) is 3.08. The van der Waals surface area contributed by atoms with Crippen LogP contribution in [-0.4, -0.2) is 50.4 Å². The second kappa shape index (κ2) is 6.91. The molecule has 1 aliphatic heterocycles. The van der Waals surface area contributed by atoms with Crippen LogP contribution in [-0.2, 0) is 21.2 Å². The summed E-state index contributed by atoms with van der Waals surface area (Å²) in [4.78, 5) is 13.9. The average molecular weight is 346 g/mol. The van der Waals surface area contributed by atoms with Crippen molar-refractivity contribution in [1.29, 1.82) is 0 Å². The van der Waals surface area contributed by atoms with Crippen LogP contribution in [0.15, 0.2) is 42.5 Å². The summed E-state index contributed by atoms with van der Waals surface area (Å²) in [6, 6.07) is 14.2. The minimum atomic E-state index is -2.93. The molecule has 1 aliphatic rings. The van der Waals surface area contributed by atoms with E-state index in [-0.39, 0.29) is 30.0 Å². The summed E-state index contributed by atoms with van der Waals surface area (Å²) >= 11 is 0. The minimum absolute atomic E-state index is 0.0542. The van der Waals surface area contributed by atoms with Crippen molar-refractivity contribution >= 4 is 26.5 Å². The van der Waals surface area contributed by atoms with Gasteiger partial charge in [-0.05, 0) is 35.9 Å². The zero-order chi connectivity index (χ0) is 17.2. The van der Waals surface area contributed by atoms with Gasteiger partial charge < -0.3 is 5.32 Å². The zero-order valence-corrected chi connectivity index (χ0v) is 14.6. The lowest BCUT2D eigenvalue weighted by Gasteiger charge is -2.22. The number of amides is 1. The van der Waals surface area contributed by atoms with Crippen molar-refractivity contribution in [3.63, 3.8) is 0 Å². The Balaban J connectivity index is 1.53. The SMILES string of the molecule is CN(CC(=O)NCc1ccc2ccccc2c1)[C@@H]1CCS(=O)(=O)C1. The molecular weight excluding hydrogens is 324 g/mol. The monoisotopic (exact) mass is 346 g/mol. The predicted molar refractivity (Wildman–Crippen MR) is 95.5 cm³/mol. The highest BCUT2D eigenvalue weighted by Crippen LogP contribution is 2.17. The first-order chi connectivity index (χ1) is 11.4. The smallest absolute Gasteiger partial charge is 0.234 e. The Morgan fingerprint density at radius 2 is 1.96 bits per heavy atom. The highest BCUT2D eigenvalue weighted by molar-refractivity contribution is 7.91. The quantitative estimate of drug-likeness (QED) is 0.893. The minimum Gasteiger partial charge on any atom is -0.351 e. The number of hydrogen-bond donors (Lipinski definition) is 1. The summed E-state index contributed by atoms with van der Waals surface area (Å²) in [6.45, 7) is 0.689. The number of rotatable bonds is 5. The van der Waals surface area contributed by atoms with E-state index in [9.17, 15) is 13.2 Å². The summed E-state index contributed by atoms with van der Waals surface area (Å²) < 4.78 is 23.0. The van der Waals surface area contributed by atoms with Crippen molar-refractivity contribution < 1.29 is 13.2 Å². The Hall–Kier alpha value is -1.92. The third-order valence-electron chi connectivity index (χ3n) is 4.53. The van der Waals surface area contributed by atoms with Crippen LogP contribution >= 0.6 is 0 Å². The van der Waals surface area contributed by atoms with Crippen LogP contribution in [0.5, 0.6) is 0 Å². The molecule has 3 rings (SSSR count). The molecule has 0 radical (unpaired) electrons. The number of nitrogens with zero attached hydrogens (tertiary/aromatic N) is 1. The molecule has 0 saturated carbocycles. The first-order valence-corrected chi connectivity index (χ1v) is 9.90. The van der Waals surface area contributed by atoms with Crippen molar-refractivity contribution in [3.8, 4) is 0 Å². The van der Waals surface area contributed by atoms with E-state index in [1.165, 1.54) is 5.39 Å². The van der Waals surface area contributed by atoms with Crippen molar-refractivity contribution in [3.05, 3.63) is 48.0 Å². The van der Waals surface area contributed by atoms with Gasteiger partial charge in [-0.2, -0.15) is 0 Å². The Kier molecular flexibility index (Phi) is 4.87. The molecular formula is C18H22N2O3S. The molecule has 128 valence electrons. The topological polar surface area (TPSA) is 66.5 Å². The summed E-state index contributed by atoms with van der Waals surface area (Å²) in [6.07, 6.45) is 0.608. The molecule has 0 aliphatic carbocycles. The summed E-state index contributed by atoms with van der Waals surface area (Å²) in [5.41, 5.74) is 1.05. The third kappa shape index (κ3) is 4.13. The van der Waals surface area contributed by atoms with Gasteiger partial charge in [-0.15, -0.1) is 0 Å². The molecule has 0 aromatic heterocycles. The molecule has 24 heavy (non-hydrogen) atoms. The van der Waals surface area contributed by atoms with Crippen LogP contribution in [0.1, 0.15) is 12.0 Å². The molecule has 1 atom stereocenters. The number of carbonyl (C=O) groups excluding carboxylic acids is 1. The largest absolute Gasteiger partial charge is 0.351 e. The van der Waals surface area contributed by atoms with E-state index in [1.54, 1.807) is 7.05 Å². The molecule has 1 saturated heterocycles. The second-order valence-electron chi connectivity index (χ2n) is 6.43. The van der Waals surface area contributed by atoms with Gasteiger partial charge in [0.2, 0.25) is 5.91 Å².